The molecule has 0 aliphatic heterocycles. The molecule has 0 fully saturated rings. The van der Waals surface area contributed by atoms with E-state index >= 15 is 0 Å². The van der Waals surface area contributed by atoms with Crippen LogP contribution in [0, 0.1) is 5.92 Å². The number of nitrogens with zero attached hydrogens (tertiary/aromatic N) is 1. The third-order valence-electron chi connectivity index (χ3n) is 2.91. The third kappa shape index (κ3) is 2.65. The quantitative estimate of drug-likeness (QED) is 0.856. The third-order valence-corrected chi connectivity index (χ3v) is 2.91. The molecular formula is C14H17N3O. The van der Waals surface area contributed by atoms with Crippen LogP contribution in [0.1, 0.15) is 17.3 Å². The standard InChI is InChI=1S/C14H17N3O/c1-10(8-15)9-17-14(18)12-6-7-16-13-5-3-2-4-11(12)13/h2-7,10H,8-9,15H2,1H3,(H,17,18). The summed E-state index contributed by atoms with van der Waals surface area (Å²) in [4.78, 5) is 16.3. The molecule has 0 aliphatic rings. The number of fused-ring (bicyclic) bond motifs is 1. The molecule has 0 aliphatic carbocycles. The van der Waals surface area contributed by atoms with Crippen LogP contribution in [0.4, 0.5) is 0 Å². The highest BCUT2D eigenvalue weighted by atomic mass is 16.1. The van der Waals surface area contributed by atoms with E-state index in [-0.39, 0.29) is 11.8 Å². The number of aromatic nitrogens is 1. The Balaban J connectivity index is 2.22. The molecule has 0 radical (unpaired) electrons. The summed E-state index contributed by atoms with van der Waals surface area (Å²) in [5.74, 6) is 0.205. The fraction of sp³-hybridized carbons (Fsp3) is 0.286. The van der Waals surface area contributed by atoms with E-state index < -0.39 is 0 Å². The Kier molecular flexibility index (Phi) is 3.89. The average Bonchev–Trinajstić information content (AvgIpc) is 2.43. The van der Waals surface area contributed by atoms with Crippen molar-refractivity contribution >= 4 is 16.8 Å². The van der Waals surface area contributed by atoms with Crippen molar-refractivity contribution in [3.63, 3.8) is 0 Å². The van der Waals surface area contributed by atoms with Gasteiger partial charge in [0.15, 0.2) is 0 Å². The van der Waals surface area contributed by atoms with Gasteiger partial charge in [0, 0.05) is 18.1 Å². The zero-order valence-electron chi connectivity index (χ0n) is 10.4. The van der Waals surface area contributed by atoms with Crippen LogP contribution in [0.3, 0.4) is 0 Å². The minimum atomic E-state index is -0.0751. The second-order valence-electron chi connectivity index (χ2n) is 4.43. The molecule has 2 rings (SSSR count). The highest BCUT2D eigenvalue weighted by Crippen LogP contribution is 2.15. The minimum absolute atomic E-state index is 0.0751. The zero-order chi connectivity index (χ0) is 13.0. The number of benzene rings is 1. The molecule has 4 heteroatoms. The van der Waals surface area contributed by atoms with Crippen LogP contribution in [0.2, 0.25) is 0 Å². The number of para-hydroxylation sites is 1. The molecule has 1 aromatic heterocycles. The minimum Gasteiger partial charge on any atom is -0.352 e. The predicted octanol–water partition coefficient (Wildman–Crippen LogP) is 1.56. The predicted molar refractivity (Wildman–Crippen MR) is 72.3 cm³/mol. The van der Waals surface area contributed by atoms with Crippen molar-refractivity contribution in [2.45, 2.75) is 6.92 Å². The van der Waals surface area contributed by atoms with Gasteiger partial charge >= 0.3 is 0 Å². The topological polar surface area (TPSA) is 68.0 Å². The molecule has 3 N–H and O–H groups in total. The van der Waals surface area contributed by atoms with Gasteiger partial charge in [0.1, 0.15) is 0 Å². The van der Waals surface area contributed by atoms with Crippen molar-refractivity contribution in [3.05, 3.63) is 42.1 Å². The van der Waals surface area contributed by atoms with E-state index in [1.54, 1.807) is 12.3 Å². The summed E-state index contributed by atoms with van der Waals surface area (Å²) < 4.78 is 0. The van der Waals surface area contributed by atoms with Crippen molar-refractivity contribution < 1.29 is 4.79 Å². The van der Waals surface area contributed by atoms with Crippen LogP contribution in [0.25, 0.3) is 10.9 Å². The van der Waals surface area contributed by atoms with Crippen LogP contribution < -0.4 is 11.1 Å². The van der Waals surface area contributed by atoms with Crippen molar-refractivity contribution in [2.24, 2.45) is 11.7 Å². The van der Waals surface area contributed by atoms with Crippen LogP contribution in [-0.4, -0.2) is 24.0 Å². The van der Waals surface area contributed by atoms with Crippen molar-refractivity contribution in [2.75, 3.05) is 13.1 Å². The molecule has 0 bridgehead atoms. The molecule has 4 nitrogen and oxygen atoms in total. The van der Waals surface area contributed by atoms with Gasteiger partial charge in [0.25, 0.3) is 5.91 Å². The number of carbonyl (C=O) groups excluding carboxylic acids is 1. The number of amides is 1. The van der Waals surface area contributed by atoms with Gasteiger partial charge in [-0.3, -0.25) is 9.78 Å². The summed E-state index contributed by atoms with van der Waals surface area (Å²) in [5, 5.41) is 3.77. The van der Waals surface area contributed by atoms with Gasteiger partial charge in [-0.2, -0.15) is 0 Å². The fourth-order valence-corrected chi connectivity index (χ4v) is 1.74. The van der Waals surface area contributed by atoms with Crippen molar-refractivity contribution in [1.82, 2.24) is 10.3 Å². The van der Waals surface area contributed by atoms with Crippen LogP contribution in [0.5, 0.6) is 0 Å². The lowest BCUT2D eigenvalue weighted by atomic mass is 10.1. The normalized spacial score (nSPS) is 12.3. The first kappa shape index (κ1) is 12.5. The number of hydrogen-bond acceptors (Lipinski definition) is 3. The molecule has 0 spiro atoms. The highest BCUT2D eigenvalue weighted by Gasteiger charge is 2.10. The molecule has 0 saturated heterocycles. The van der Waals surface area contributed by atoms with E-state index in [0.717, 1.165) is 10.9 Å². The largest absolute Gasteiger partial charge is 0.352 e. The second kappa shape index (κ2) is 5.60. The molecule has 18 heavy (non-hydrogen) atoms. The number of nitrogens with one attached hydrogen (secondary N) is 1. The van der Waals surface area contributed by atoms with E-state index in [2.05, 4.69) is 10.3 Å². The number of hydrogen-bond donors (Lipinski definition) is 2. The average molecular weight is 243 g/mol. The SMILES string of the molecule is CC(CN)CNC(=O)c1ccnc2ccccc12. The Morgan fingerprint density at radius 1 is 1.39 bits per heavy atom. The lowest BCUT2D eigenvalue weighted by Gasteiger charge is -2.11. The number of nitrogens with two attached hydrogens (primary N) is 1. The van der Waals surface area contributed by atoms with Gasteiger partial charge in [-0.25, -0.2) is 0 Å². The number of carbonyl (C=O) groups is 1. The first-order valence-electron chi connectivity index (χ1n) is 6.04. The molecule has 94 valence electrons. The summed E-state index contributed by atoms with van der Waals surface area (Å²) in [6, 6.07) is 9.36. The summed E-state index contributed by atoms with van der Waals surface area (Å²) >= 11 is 0. The van der Waals surface area contributed by atoms with Gasteiger partial charge in [0.2, 0.25) is 0 Å². The monoisotopic (exact) mass is 243 g/mol. The fourth-order valence-electron chi connectivity index (χ4n) is 1.74. The summed E-state index contributed by atoms with van der Waals surface area (Å²) in [7, 11) is 0. The molecule has 1 amide bonds. The summed E-state index contributed by atoms with van der Waals surface area (Å²) in [6.45, 7) is 3.16. The molecule has 1 heterocycles. The van der Waals surface area contributed by atoms with E-state index in [9.17, 15) is 4.79 Å². The van der Waals surface area contributed by atoms with Crippen molar-refractivity contribution in [1.29, 1.82) is 0 Å². The first-order chi connectivity index (χ1) is 8.72. The maximum absolute atomic E-state index is 12.1. The summed E-state index contributed by atoms with van der Waals surface area (Å²) in [5.41, 5.74) is 7.01. The summed E-state index contributed by atoms with van der Waals surface area (Å²) in [6.07, 6.45) is 1.66. The van der Waals surface area contributed by atoms with Gasteiger partial charge < -0.3 is 11.1 Å². The Bertz CT molecular complexity index is 548. The smallest absolute Gasteiger partial charge is 0.252 e. The van der Waals surface area contributed by atoms with E-state index in [4.69, 9.17) is 5.73 Å². The van der Waals surface area contributed by atoms with Crippen LogP contribution >= 0.6 is 0 Å². The lowest BCUT2D eigenvalue weighted by Crippen LogP contribution is -2.31. The van der Waals surface area contributed by atoms with E-state index in [0.29, 0.717) is 18.7 Å². The Morgan fingerprint density at radius 3 is 2.94 bits per heavy atom. The molecule has 1 aromatic carbocycles. The second-order valence-corrected chi connectivity index (χ2v) is 4.43. The van der Waals surface area contributed by atoms with Gasteiger partial charge in [-0.1, -0.05) is 25.1 Å². The maximum atomic E-state index is 12.1. The van der Waals surface area contributed by atoms with Crippen LogP contribution in [-0.2, 0) is 0 Å². The highest BCUT2D eigenvalue weighted by molar-refractivity contribution is 6.05. The lowest BCUT2D eigenvalue weighted by molar-refractivity contribution is 0.0950. The van der Waals surface area contributed by atoms with E-state index in [1.807, 2.05) is 31.2 Å². The molecular weight excluding hydrogens is 226 g/mol. The first-order valence-corrected chi connectivity index (χ1v) is 6.04. The Labute approximate surface area is 106 Å². The molecule has 1 atom stereocenters. The molecule has 2 aromatic rings. The van der Waals surface area contributed by atoms with Crippen molar-refractivity contribution in [3.8, 4) is 0 Å². The van der Waals surface area contributed by atoms with E-state index in [1.165, 1.54) is 0 Å². The van der Waals surface area contributed by atoms with Gasteiger partial charge in [-0.15, -0.1) is 0 Å². The van der Waals surface area contributed by atoms with Gasteiger partial charge in [0.05, 0.1) is 11.1 Å². The van der Waals surface area contributed by atoms with Crippen LogP contribution in [0.15, 0.2) is 36.5 Å². The maximum Gasteiger partial charge on any atom is 0.252 e. The Hall–Kier alpha value is -1.94. The number of rotatable bonds is 4. The number of pyridine rings is 1. The molecule has 0 saturated carbocycles. The van der Waals surface area contributed by atoms with Gasteiger partial charge in [-0.05, 0) is 24.6 Å². The Morgan fingerprint density at radius 2 is 2.17 bits per heavy atom. The zero-order valence-corrected chi connectivity index (χ0v) is 10.4. The molecule has 1 unspecified atom stereocenters.